The van der Waals surface area contributed by atoms with E-state index in [2.05, 4.69) is 5.32 Å². The molecule has 7 heteroatoms. The molecule has 0 bridgehead atoms. The van der Waals surface area contributed by atoms with Gasteiger partial charge in [-0.25, -0.2) is 0 Å². The van der Waals surface area contributed by atoms with Gasteiger partial charge < -0.3 is 19.9 Å². The molecule has 0 fully saturated rings. The molecule has 0 spiro atoms. The molecule has 25 heavy (non-hydrogen) atoms. The standard InChI is InChI=1S/C18H28N2O5/c1-6-25-15-8-7-14(9-16(15)24-5)13(4)19-17(21)10-20(12(2)3)11-18(22)23/h7-9,12-13H,6,10-11H2,1-5H3,(H,19,21)(H,22,23). The van der Waals surface area contributed by atoms with Gasteiger partial charge in [0.25, 0.3) is 0 Å². The number of methoxy groups -OCH3 is 1. The summed E-state index contributed by atoms with van der Waals surface area (Å²) >= 11 is 0. The zero-order chi connectivity index (χ0) is 19.0. The van der Waals surface area contributed by atoms with Crippen molar-refractivity contribution in [1.29, 1.82) is 0 Å². The molecule has 1 rings (SSSR count). The van der Waals surface area contributed by atoms with E-state index in [0.717, 1.165) is 5.56 Å². The molecule has 1 amide bonds. The number of aliphatic carboxylic acids is 1. The van der Waals surface area contributed by atoms with Crippen molar-refractivity contribution in [1.82, 2.24) is 10.2 Å². The Hall–Kier alpha value is -2.28. The summed E-state index contributed by atoms with van der Waals surface area (Å²) in [6, 6.07) is 5.23. The van der Waals surface area contributed by atoms with Gasteiger partial charge in [-0.1, -0.05) is 6.07 Å². The number of ether oxygens (including phenoxy) is 2. The predicted octanol–water partition coefficient (Wildman–Crippen LogP) is 2.07. The molecule has 0 aliphatic heterocycles. The van der Waals surface area contributed by atoms with Crippen molar-refractivity contribution in [2.24, 2.45) is 0 Å². The van der Waals surface area contributed by atoms with Gasteiger partial charge in [0, 0.05) is 6.04 Å². The lowest BCUT2D eigenvalue weighted by Crippen LogP contribution is -2.43. The molecule has 2 N–H and O–H groups in total. The Morgan fingerprint density at radius 1 is 1.20 bits per heavy atom. The van der Waals surface area contributed by atoms with Gasteiger partial charge in [-0.2, -0.15) is 0 Å². The number of amides is 1. The summed E-state index contributed by atoms with van der Waals surface area (Å²) in [6.45, 7) is 7.88. The molecular formula is C18H28N2O5. The van der Waals surface area contributed by atoms with E-state index in [1.807, 2.05) is 45.9 Å². The van der Waals surface area contributed by atoms with E-state index in [0.29, 0.717) is 18.1 Å². The van der Waals surface area contributed by atoms with Crippen LogP contribution in [0.5, 0.6) is 11.5 Å². The van der Waals surface area contributed by atoms with Gasteiger partial charge >= 0.3 is 5.97 Å². The first-order valence-electron chi connectivity index (χ1n) is 8.34. The highest BCUT2D eigenvalue weighted by Crippen LogP contribution is 2.30. The number of rotatable bonds is 10. The Labute approximate surface area is 148 Å². The van der Waals surface area contributed by atoms with Crippen LogP contribution in [-0.4, -0.2) is 54.7 Å². The summed E-state index contributed by atoms with van der Waals surface area (Å²) in [5.74, 6) is 0.0796. The Morgan fingerprint density at radius 3 is 2.40 bits per heavy atom. The molecule has 1 aromatic rings. The number of benzene rings is 1. The van der Waals surface area contributed by atoms with E-state index >= 15 is 0 Å². The summed E-state index contributed by atoms with van der Waals surface area (Å²) in [7, 11) is 1.57. The van der Waals surface area contributed by atoms with Crippen LogP contribution in [-0.2, 0) is 9.59 Å². The number of carbonyl (C=O) groups excluding carboxylic acids is 1. The second-order valence-corrected chi connectivity index (χ2v) is 6.02. The van der Waals surface area contributed by atoms with E-state index in [1.54, 1.807) is 12.0 Å². The van der Waals surface area contributed by atoms with Crippen LogP contribution in [0.25, 0.3) is 0 Å². The zero-order valence-corrected chi connectivity index (χ0v) is 15.5. The number of hydrogen-bond donors (Lipinski definition) is 2. The third-order valence-corrected chi connectivity index (χ3v) is 3.78. The third kappa shape index (κ3) is 6.62. The summed E-state index contributed by atoms with van der Waals surface area (Å²) in [4.78, 5) is 24.7. The quantitative estimate of drug-likeness (QED) is 0.670. The summed E-state index contributed by atoms with van der Waals surface area (Å²) < 4.78 is 10.8. The highest BCUT2D eigenvalue weighted by atomic mass is 16.5. The van der Waals surface area contributed by atoms with Crippen molar-refractivity contribution >= 4 is 11.9 Å². The molecule has 7 nitrogen and oxygen atoms in total. The molecule has 0 aliphatic rings. The normalized spacial score (nSPS) is 12.1. The number of carboxylic acids is 1. The van der Waals surface area contributed by atoms with Crippen LogP contribution in [0.2, 0.25) is 0 Å². The first-order chi connectivity index (χ1) is 11.8. The van der Waals surface area contributed by atoms with Gasteiger partial charge in [-0.15, -0.1) is 0 Å². The van der Waals surface area contributed by atoms with Crippen LogP contribution in [0.3, 0.4) is 0 Å². The van der Waals surface area contributed by atoms with Gasteiger partial charge in [0.1, 0.15) is 0 Å². The molecule has 0 aliphatic carbocycles. The summed E-state index contributed by atoms with van der Waals surface area (Å²) in [6.07, 6.45) is 0. The highest BCUT2D eigenvalue weighted by molar-refractivity contribution is 5.79. The molecular weight excluding hydrogens is 324 g/mol. The topological polar surface area (TPSA) is 88.1 Å². The number of nitrogens with one attached hydrogen (secondary N) is 1. The molecule has 0 saturated heterocycles. The van der Waals surface area contributed by atoms with E-state index in [1.165, 1.54) is 0 Å². The van der Waals surface area contributed by atoms with Crippen molar-refractivity contribution in [3.05, 3.63) is 23.8 Å². The number of carbonyl (C=O) groups is 2. The molecule has 0 heterocycles. The largest absolute Gasteiger partial charge is 0.493 e. The molecule has 0 aromatic heterocycles. The van der Waals surface area contributed by atoms with Gasteiger partial charge in [0.15, 0.2) is 11.5 Å². The minimum absolute atomic E-state index is 0.0302. The smallest absolute Gasteiger partial charge is 0.317 e. The van der Waals surface area contributed by atoms with Gasteiger partial charge in [-0.3, -0.25) is 14.5 Å². The Kier molecular flexibility index (Phi) is 8.21. The maximum absolute atomic E-state index is 12.2. The van der Waals surface area contributed by atoms with Crippen LogP contribution in [0, 0.1) is 0 Å². The average Bonchev–Trinajstić information content (AvgIpc) is 2.54. The first-order valence-corrected chi connectivity index (χ1v) is 8.34. The number of nitrogens with zero attached hydrogens (tertiary/aromatic N) is 1. The van der Waals surface area contributed by atoms with Gasteiger partial charge in [0.05, 0.1) is 32.8 Å². The summed E-state index contributed by atoms with van der Waals surface area (Å²) in [5.41, 5.74) is 0.878. The highest BCUT2D eigenvalue weighted by Gasteiger charge is 2.19. The Morgan fingerprint density at radius 2 is 1.88 bits per heavy atom. The van der Waals surface area contributed by atoms with Crippen LogP contribution >= 0.6 is 0 Å². The van der Waals surface area contributed by atoms with Crippen LogP contribution in [0.4, 0.5) is 0 Å². The lowest BCUT2D eigenvalue weighted by atomic mass is 10.1. The molecule has 140 valence electrons. The Bertz CT molecular complexity index is 589. The van der Waals surface area contributed by atoms with Gasteiger partial charge in [0.2, 0.25) is 5.91 Å². The van der Waals surface area contributed by atoms with Crippen LogP contribution in [0.15, 0.2) is 18.2 Å². The second kappa shape index (κ2) is 9.88. The maximum Gasteiger partial charge on any atom is 0.317 e. The minimum atomic E-state index is -0.953. The van der Waals surface area contributed by atoms with Crippen molar-refractivity contribution in [2.45, 2.75) is 39.8 Å². The molecule has 1 aromatic carbocycles. The lowest BCUT2D eigenvalue weighted by Gasteiger charge is -2.25. The first kappa shape index (κ1) is 20.8. The number of carboxylic acid groups (broad SMARTS) is 1. The molecule has 0 saturated carbocycles. The van der Waals surface area contributed by atoms with E-state index < -0.39 is 5.97 Å². The fourth-order valence-electron chi connectivity index (χ4n) is 2.38. The Balaban J connectivity index is 2.75. The number of hydrogen-bond acceptors (Lipinski definition) is 5. The van der Waals surface area contributed by atoms with Gasteiger partial charge in [-0.05, 0) is 45.4 Å². The third-order valence-electron chi connectivity index (χ3n) is 3.78. The van der Waals surface area contributed by atoms with Crippen molar-refractivity contribution in [2.75, 3.05) is 26.8 Å². The van der Waals surface area contributed by atoms with Crippen molar-refractivity contribution in [3.8, 4) is 11.5 Å². The van der Waals surface area contributed by atoms with E-state index in [-0.39, 0.29) is 31.1 Å². The fourth-order valence-corrected chi connectivity index (χ4v) is 2.38. The lowest BCUT2D eigenvalue weighted by molar-refractivity contribution is -0.139. The maximum atomic E-state index is 12.2. The average molecular weight is 352 g/mol. The fraction of sp³-hybridized carbons (Fsp3) is 0.556. The van der Waals surface area contributed by atoms with Crippen molar-refractivity contribution < 1.29 is 24.2 Å². The molecule has 1 atom stereocenters. The van der Waals surface area contributed by atoms with Crippen molar-refractivity contribution in [3.63, 3.8) is 0 Å². The SMILES string of the molecule is CCOc1ccc(C(C)NC(=O)CN(CC(=O)O)C(C)C)cc1OC. The van der Waals surface area contributed by atoms with E-state index in [9.17, 15) is 9.59 Å². The zero-order valence-electron chi connectivity index (χ0n) is 15.5. The molecule has 1 unspecified atom stereocenters. The minimum Gasteiger partial charge on any atom is -0.493 e. The van der Waals surface area contributed by atoms with Crippen LogP contribution < -0.4 is 14.8 Å². The van der Waals surface area contributed by atoms with E-state index in [4.69, 9.17) is 14.6 Å². The van der Waals surface area contributed by atoms with Crippen LogP contribution in [0.1, 0.15) is 39.3 Å². The summed E-state index contributed by atoms with van der Waals surface area (Å²) in [5, 5.41) is 11.8. The monoisotopic (exact) mass is 352 g/mol. The predicted molar refractivity (Wildman–Crippen MR) is 95.1 cm³/mol. The molecule has 0 radical (unpaired) electrons. The second-order valence-electron chi connectivity index (χ2n) is 6.02.